The molecule has 1 aromatic rings. The molecule has 0 aliphatic rings. The topological polar surface area (TPSA) is 46.2 Å². The number of hydrogen-bond donors (Lipinski definition) is 2. The smallest absolute Gasteiger partial charge is 0.137 e. The van der Waals surface area contributed by atoms with E-state index in [1.165, 1.54) is 6.07 Å². The first-order chi connectivity index (χ1) is 6.06. The number of rotatable bonds is 2. The van der Waals surface area contributed by atoms with Gasteiger partial charge in [0.15, 0.2) is 0 Å². The highest BCUT2D eigenvalue weighted by molar-refractivity contribution is 9.10. The number of aliphatic hydroxyl groups is 1. The van der Waals surface area contributed by atoms with E-state index in [1.807, 2.05) is 0 Å². The van der Waals surface area contributed by atoms with Crippen molar-refractivity contribution >= 4 is 15.9 Å². The Morgan fingerprint density at radius 1 is 1.62 bits per heavy atom. The lowest BCUT2D eigenvalue weighted by Crippen LogP contribution is -2.15. The molecule has 1 atom stereocenters. The molecule has 0 amide bonds. The second-order valence-corrected chi connectivity index (χ2v) is 3.77. The molecule has 2 nitrogen and oxygen atoms in total. The summed E-state index contributed by atoms with van der Waals surface area (Å²) in [7, 11) is 0. The average molecular weight is 248 g/mol. The van der Waals surface area contributed by atoms with Gasteiger partial charge in [0.1, 0.15) is 5.82 Å². The molecule has 0 heterocycles. The van der Waals surface area contributed by atoms with Crippen molar-refractivity contribution in [3.05, 3.63) is 33.5 Å². The van der Waals surface area contributed by atoms with Gasteiger partial charge in [0.25, 0.3) is 0 Å². The molecule has 0 aliphatic heterocycles. The minimum atomic E-state index is -0.447. The number of nitrogens with two attached hydrogens (primary N) is 1. The minimum absolute atomic E-state index is 0.140. The summed E-state index contributed by atoms with van der Waals surface area (Å²) in [5, 5.41) is 8.84. The highest BCUT2D eigenvalue weighted by Gasteiger charge is 2.10. The summed E-state index contributed by atoms with van der Waals surface area (Å²) in [4.78, 5) is 0. The first-order valence-corrected chi connectivity index (χ1v) is 4.67. The molecule has 3 N–H and O–H groups in total. The van der Waals surface area contributed by atoms with Crippen LogP contribution in [-0.4, -0.2) is 11.7 Å². The number of benzene rings is 1. The van der Waals surface area contributed by atoms with E-state index in [9.17, 15) is 4.39 Å². The predicted molar refractivity (Wildman–Crippen MR) is 52.9 cm³/mol. The zero-order valence-electron chi connectivity index (χ0n) is 7.22. The summed E-state index contributed by atoms with van der Waals surface area (Å²) >= 11 is 3.07. The van der Waals surface area contributed by atoms with E-state index in [0.29, 0.717) is 4.47 Å². The molecule has 1 aromatic carbocycles. The van der Waals surface area contributed by atoms with Gasteiger partial charge in [-0.05, 0) is 46.1 Å². The first-order valence-electron chi connectivity index (χ1n) is 3.88. The molecule has 0 aromatic heterocycles. The SMILES string of the molecule is Cc1cc(F)c(Br)cc1C(N)CO. The van der Waals surface area contributed by atoms with Crippen molar-refractivity contribution in [3.63, 3.8) is 0 Å². The Hall–Kier alpha value is -0.450. The molecular weight excluding hydrogens is 237 g/mol. The van der Waals surface area contributed by atoms with E-state index in [0.717, 1.165) is 11.1 Å². The minimum Gasteiger partial charge on any atom is -0.394 e. The van der Waals surface area contributed by atoms with Crippen molar-refractivity contribution in [3.8, 4) is 0 Å². The van der Waals surface area contributed by atoms with E-state index >= 15 is 0 Å². The fraction of sp³-hybridized carbons (Fsp3) is 0.333. The maximum Gasteiger partial charge on any atom is 0.137 e. The van der Waals surface area contributed by atoms with Crippen molar-refractivity contribution in [2.24, 2.45) is 5.73 Å². The Morgan fingerprint density at radius 3 is 2.77 bits per heavy atom. The van der Waals surface area contributed by atoms with Crippen molar-refractivity contribution in [2.75, 3.05) is 6.61 Å². The highest BCUT2D eigenvalue weighted by Crippen LogP contribution is 2.23. The molecule has 72 valence electrons. The van der Waals surface area contributed by atoms with Gasteiger partial charge in [-0.3, -0.25) is 0 Å². The van der Waals surface area contributed by atoms with Crippen LogP contribution < -0.4 is 5.73 Å². The van der Waals surface area contributed by atoms with Gasteiger partial charge in [-0.2, -0.15) is 0 Å². The van der Waals surface area contributed by atoms with Gasteiger partial charge in [-0.15, -0.1) is 0 Å². The lowest BCUT2D eigenvalue weighted by atomic mass is 10.0. The van der Waals surface area contributed by atoms with Crippen molar-refractivity contribution < 1.29 is 9.50 Å². The largest absolute Gasteiger partial charge is 0.394 e. The first kappa shape index (κ1) is 10.6. The average Bonchev–Trinajstić information content (AvgIpc) is 2.10. The molecule has 0 spiro atoms. The second kappa shape index (κ2) is 4.17. The maximum absolute atomic E-state index is 13.0. The molecule has 13 heavy (non-hydrogen) atoms. The fourth-order valence-electron chi connectivity index (χ4n) is 1.16. The summed E-state index contributed by atoms with van der Waals surface area (Å²) in [5.41, 5.74) is 7.13. The van der Waals surface area contributed by atoms with Crippen molar-refractivity contribution in [1.82, 2.24) is 0 Å². The van der Waals surface area contributed by atoms with Gasteiger partial charge in [-0.25, -0.2) is 4.39 Å². The molecule has 0 radical (unpaired) electrons. The Kier molecular flexibility index (Phi) is 3.41. The normalized spacial score (nSPS) is 13.0. The lowest BCUT2D eigenvalue weighted by Gasteiger charge is -2.12. The van der Waals surface area contributed by atoms with Crippen LogP contribution in [0, 0.1) is 12.7 Å². The quantitative estimate of drug-likeness (QED) is 0.839. The van der Waals surface area contributed by atoms with Crippen LogP contribution in [0.2, 0.25) is 0 Å². The summed E-state index contributed by atoms with van der Waals surface area (Å²) < 4.78 is 13.3. The van der Waals surface area contributed by atoms with Crippen LogP contribution in [0.3, 0.4) is 0 Å². The van der Waals surface area contributed by atoms with Gasteiger partial charge >= 0.3 is 0 Å². The summed E-state index contributed by atoms with van der Waals surface area (Å²) in [6.45, 7) is 1.62. The molecular formula is C9H11BrFNO. The Morgan fingerprint density at radius 2 is 2.23 bits per heavy atom. The van der Waals surface area contributed by atoms with E-state index in [4.69, 9.17) is 10.8 Å². The summed E-state index contributed by atoms with van der Waals surface area (Å²) in [5.74, 6) is -0.314. The van der Waals surface area contributed by atoms with E-state index in [2.05, 4.69) is 15.9 Å². The maximum atomic E-state index is 13.0. The monoisotopic (exact) mass is 247 g/mol. The third kappa shape index (κ3) is 2.27. The number of hydrogen-bond acceptors (Lipinski definition) is 2. The van der Waals surface area contributed by atoms with Crippen LogP contribution in [0.1, 0.15) is 17.2 Å². The van der Waals surface area contributed by atoms with Crippen LogP contribution in [0.15, 0.2) is 16.6 Å². The van der Waals surface area contributed by atoms with E-state index < -0.39 is 6.04 Å². The zero-order valence-corrected chi connectivity index (χ0v) is 8.81. The standard InChI is InChI=1S/C9H11BrFNO/c1-5-2-8(11)7(10)3-6(5)9(12)4-13/h2-3,9,13H,4,12H2,1H3. The van der Waals surface area contributed by atoms with E-state index in [1.54, 1.807) is 13.0 Å². The molecule has 0 fully saturated rings. The Bertz CT molecular complexity index is 317. The second-order valence-electron chi connectivity index (χ2n) is 2.91. The van der Waals surface area contributed by atoms with Crippen LogP contribution in [0.25, 0.3) is 0 Å². The number of aliphatic hydroxyl groups excluding tert-OH is 1. The number of halogens is 2. The molecule has 4 heteroatoms. The van der Waals surface area contributed by atoms with Gasteiger partial charge in [0.05, 0.1) is 17.1 Å². The molecule has 0 bridgehead atoms. The van der Waals surface area contributed by atoms with Gasteiger partial charge in [0.2, 0.25) is 0 Å². The van der Waals surface area contributed by atoms with Crippen molar-refractivity contribution in [1.29, 1.82) is 0 Å². The fourth-order valence-corrected chi connectivity index (χ4v) is 1.52. The molecule has 0 saturated heterocycles. The van der Waals surface area contributed by atoms with Crippen LogP contribution in [0.4, 0.5) is 4.39 Å². The number of aryl methyl sites for hydroxylation is 1. The van der Waals surface area contributed by atoms with Crippen LogP contribution >= 0.6 is 15.9 Å². The third-order valence-electron chi connectivity index (χ3n) is 1.91. The van der Waals surface area contributed by atoms with Crippen molar-refractivity contribution in [2.45, 2.75) is 13.0 Å². The molecule has 1 rings (SSSR count). The van der Waals surface area contributed by atoms with Gasteiger partial charge < -0.3 is 10.8 Å². The summed E-state index contributed by atoms with van der Waals surface area (Å²) in [6.07, 6.45) is 0. The van der Waals surface area contributed by atoms with Gasteiger partial charge in [0, 0.05) is 0 Å². The third-order valence-corrected chi connectivity index (χ3v) is 2.51. The molecule has 0 saturated carbocycles. The Labute approximate surface area is 84.7 Å². The summed E-state index contributed by atoms with van der Waals surface area (Å²) in [6, 6.07) is 2.55. The lowest BCUT2D eigenvalue weighted by molar-refractivity contribution is 0.267. The zero-order chi connectivity index (χ0) is 10.0. The molecule has 1 unspecified atom stereocenters. The van der Waals surface area contributed by atoms with Gasteiger partial charge in [-0.1, -0.05) is 0 Å². The van der Waals surface area contributed by atoms with Crippen LogP contribution in [0.5, 0.6) is 0 Å². The van der Waals surface area contributed by atoms with Crippen LogP contribution in [-0.2, 0) is 0 Å². The highest BCUT2D eigenvalue weighted by atomic mass is 79.9. The van der Waals surface area contributed by atoms with E-state index in [-0.39, 0.29) is 12.4 Å². The predicted octanol–water partition coefficient (Wildman–Crippen LogP) is 1.89. The Balaban J connectivity index is 3.15. The molecule has 0 aliphatic carbocycles.